The molecule has 2 fully saturated rings. The van der Waals surface area contributed by atoms with Crippen molar-refractivity contribution in [2.45, 2.75) is 26.2 Å². The van der Waals surface area contributed by atoms with Gasteiger partial charge in [-0.1, -0.05) is 23.5 Å². The Morgan fingerprint density at radius 1 is 1.32 bits per heavy atom. The van der Waals surface area contributed by atoms with Gasteiger partial charge < -0.3 is 4.90 Å². The van der Waals surface area contributed by atoms with Gasteiger partial charge >= 0.3 is 0 Å². The molecule has 1 spiro atoms. The van der Waals surface area contributed by atoms with E-state index in [1.165, 1.54) is 10.3 Å². The molecule has 3 heterocycles. The number of aromatic nitrogens is 1. The predicted octanol–water partition coefficient (Wildman–Crippen LogP) is 3.01. The number of thiazole rings is 1. The number of piperidine rings is 1. The number of nitrogens with zero attached hydrogens (tertiary/aromatic N) is 2. The quantitative estimate of drug-likeness (QED) is 0.803. The molecule has 4 rings (SSSR count). The monoisotopic (exact) mass is 336 g/mol. The summed E-state index contributed by atoms with van der Waals surface area (Å²) in [5.41, 5.74) is 2.25. The van der Waals surface area contributed by atoms with Crippen molar-refractivity contribution < 1.29 is 8.42 Å². The first-order valence-corrected chi connectivity index (χ1v) is 10.4. The Kier molecular flexibility index (Phi) is 3.24. The minimum atomic E-state index is -2.83. The maximum atomic E-state index is 11.9. The average Bonchev–Trinajstić information content (AvgIpc) is 3.02. The van der Waals surface area contributed by atoms with Crippen molar-refractivity contribution in [3.8, 4) is 0 Å². The lowest BCUT2D eigenvalue weighted by Crippen LogP contribution is -2.44. The topological polar surface area (TPSA) is 50.3 Å². The van der Waals surface area contributed by atoms with E-state index >= 15 is 0 Å². The highest BCUT2D eigenvalue weighted by atomic mass is 32.2. The van der Waals surface area contributed by atoms with E-state index in [1.807, 2.05) is 0 Å². The molecule has 2 aliphatic rings. The first-order valence-electron chi connectivity index (χ1n) is 7.78. The highest BCUT2D eigenvalue weighted by Gasteiger charge is 2.45. The summed E-state index contributed by atoms with van der Waals surface area (Å²) in [4.78, 5) is 7.14. The molecule has 22 heavy (non-hydrogen) atoms. The van der Waals surface area contributed by atoms with Crippen molar-refractivity contribution in [2.75, 3.05) is 29.5 Å². The zero-order valence-corrected chi connectivity index (χ0v) is 14.3. The van der Waals surface area contributed by atoms with E-state index in [0.29, 0.717) is 11.5 Å². The molecule has 1 aromatic carbocycles. The van der Waals surface area contributed by atoms with Crippen LogP contribution >= 0.6 is 11.3 Å². The summed E-state index contributed by atoms with van der Waals surface area (Å²) in [5.74, 6) is 0.722. The summed E-state index contributed by atoms with van der Waals surface area (Å²) in [6.45, 7) is 3.92. The van der Waals surface area contributed by atoms with Gasteiger partial charge in [-0.05, 0) is 37.8 Å². The van der Waals surface area contributed by atoms with E-state index in [9.17, 15) is 8.42 Å². The van der Waals surface area contributed by atoms with Crippen molar-refractivity contribution in [1.29, 1.82) is 0 Å². The Labute approximate surface area is 135 Å². The second-order valence-electron chi connectivity index (χ2n) is 6.79. The van der Waals surface area contributed by atoms with Gasteiger partial charge in [0.15, 0.2) is 15.0 Å². The Hall–Kier alpha value is -1.14. The Balaban J connectivity index is 1.66. The lowest BCUT2D eigenvalue weighted by molar-refractivity contribution is 0.270. The molecule has 2 aromatic rings. The molecule has 0 aliphatic carbocycles. The molecule has 1 aromatic heterocycles. The number of para-hydroxylation sites is 1. The zero-order valence-electron chi connectivity index (χ0n) is 12.7. The number of benzene rings is 1. The summed E-state index contributed by atoms with van der Waals surface area (Å²) in [5, 5.41) is 1.05. The largest absolute Gasteiger partial charge is 0.347 e. The van der Waals surface area contributed by atoms with Gasteiger partial charge in [-0.3, -0.25) is 0 Å². The number of anilines is 1. The summed E-state index contributed by atoms with van der Waals surface area (Å²) >= 11 is 1.73. The highest BCUT2D eigenvalue weighted by molar-refractivity contribution is 7.91. The summed E-state index contributed by atoms with van der Waals surface area (Å²) < 4.78 is 25.0. The summed E-state index contributed by atoms with van der Waals surface area (Å²) in [6, 6.07) is 6.27. The highest BCUT2D eigenvalue weighted by Crippen LogP contribution is 2.42. The first-order chi connectivity index (χ1) is 10.5. The standard InChI is InChI=1S/C16H20N2O2S2/c1-12-4-2-5-13-14(12)17-15(21-13)18-8-3-6-16(10-18)7-9-22(19,20)11-16/h2,4-5H,3,6-11H2,1H3. The third-order valence-corrected chi connectivity index (χ3v) is 7.97. The lowest BCUT2D eigenvalue weighted by Gasteiger charge is -2.39. The molecular formula is C16H20N2O2S2. The fourth-order valence-electron chi connectivity index (χ4n) is 3.89. The fourth-order valence-corrected chi connectivity index (χ4v) is 7.16. The number of rotatable bonds is 1. The molecule has 118 valence electrons. The van der Waals surface area contributed by atoms with Crippen LogP contribution in [0.4, 0.5) is 5.13 Å². The van der Waals surface area contributed by atoms with Crippen molar-refractivity contribution >= 4 is 36.5 Å². The molecular weight excluding hydrogens is 316 g/mol. The molecule has 1 atom stereocenters. The van der Waals surface area contributed by atoms with Crippen LogP contribution in [0, 0.1) is 12.3 Å². The van der Waals surface area contributed by atoms with Crippen LogP contribution in [0.1, 0.15) is 24.8 Å². The van der Waals surface area contributed by atoms with E-state index in [1.54, 1.807) is 11.3 Å². The number of aryl methyl sites for hydroxylation is 1. The van der Waals surface area contributed by atoms with Gasteiger partial charge in [0, 0.05) is 18.5 Å². The van der Waals surface area contributed by atoms with Gasteiger partial charge in [0.25, 0.3) is 0 Å². The molecule has 0 amide bonds. The molecule has 0 saturated carbocycles. The minimum Gasteiger partial charge on any atom is -0.347 e. The molecule has 0 N–H and O–H groups in total. The number of hydrogen-bond acceptors (Lipinski definition) is 5. The second-order valence-corrected chi connectivity index (χ2v) is 9.98. The maximum absolute atomic E-state index is 11.9. The number of hydrogen-bond donors (Lipinski definition) is 0. The Bertz CT molecular complexity index is 828. The average molecular weight is 336 g/mol. The molecule has 4 nitrogen and oxygen atoms in total. The maximum Gasteiger partial charge on any atom is 0.186 e. The van der Waals surface area contributed by atoms with Crippen molar-refractivity contribution in [3.05, 3.63) is 23.8 Å². The van der Waals surface area contributed by atoms with Crippen LogP contribution in [0.5, 0.6) is 0 Å². The fraction of sp³-hybridized carbons (Fsp3) is 0.562. The molecule has 2 aliphatic heterocycles. The van der Waals surface area contributed by atoms with Gasteiger partial charge in [0.05, 0.1) is 21.7 Å². The smallest absolute Gasteiger partial charge is 0.186 e. The van der Waals surface area contributed by atoms with Crippen molar-refractivity contribution in [2.24, 2.45) is 5.41 Å². The van der Waals surface area contributed by atoms with Gasteiger partial charge in [-0.2, -0.15) is 0 Å². The molecule has 6 heteroatoms. The molecule has 0 bridgehead atoms. The van der Waals surface area contributed by atoms with Crippen LogP contribution in [0.3, 0.4) is 0 Å². The minimum absolute atomic E-state index is 0.0377. The third-order valence-electron chi connectivity index (χ3n) is 5.01. The van der Waals surface area contributed by atoms with E-state index in [4.69, 9.17) is 4.98 Å². The van der Waals surface area contributed by atoms with Crippen LogP contribution in [0.25, 0.3) is 10.2 Å². The molecule has 2 saturated heterocycles. The van der Waals surface area contributed by atoms with Crippen molar-refractivity contribution in [3.63, 3.8) is 0 Å². The van der Waals surface area contributed by atoms with Crippen LogP contribution in [-0.2, 0) is 9.84 Å². The van der Waals surface area contributed by atoms with Gasteiger partial charge in [-0.15, -0.1) is 0 Å². The number of fused-ring (bicyclic) bond motifs is 1. The first kappa shape index (κ1) is 14.5. The third kappa shape index (κ3) is 2.42. The van der Waals surface area contributed by atoms with Crippen LogP contribution in [0.15, 0.2) is 18.2 Å². The normalized spacial score (nSPS) is 27.8. The second kappa shape index (κ2) is 4.93. The van der Waals surface area contributed by atoms with E-state index in [0.717, 1.165) is 43.0 Å². The van der Waals surface area contributed by atoms with Gasteiger partial charge in [-0.25, -0.2) is 13.4 Å². The molecule has 0 radical (unpaired) electrons. The zero-order chi connectivity index (χ0) is 15.4. The van der Waals surface area contributed by atoms with E-state index < -0.39 is 9.84 Å². The van der Waals surface area contributed by atoms with Crippen molar-refractivity contribution in [1.82, 2.24) is 4.98 Å². The van der Waals surface area contributed by atoms with E-state index in [-0.39, 0.29) is 5.41 Å². The Morgan fingerprint density at radius 2 is 2.18 bits per heavy atom. The van der Waals surface area contributed by atoms with Crippen LogP contribution < -0.4 is 4.90 Å². The van der Waals surface area contributed by atoms with Crippen LogP contribution in [0.2, 0.25) is 0 Å². The van der Waals surface area contributed by atoms with Gasteiger partial charge in [0.2, 0.25) is 0 Å². The predicted molar refractivity (Wildman–Crippen MR) is 91.5 cm³/mol. The SMILES string of the molecule is Cc1cccc2sc(N3CCCC4(CCS(=O)(=O)C4)C3)nc12. The summed E-state index contributed by atoms with van der Waals surface area (Å²) in [7, 11) is -2.83. The summed E-state index contributed by atoms with van der Waals surface area (Å²) in [6.07, 6.45) is 2.91. The molecule has 1 unspecified atom stereocenters. The van der Waals surface area contributed by atoms with Crippen LogP contribution in [-0.4, -0.2) is 38.0 Å². The lowest BCUT2D eigenvalue weighted by atomic mass is 9.80. The van der Waals surface area contributed by atoms with Gasteiger partial charge in [0.1, 0.15) is 0 Å². The Morgan fingerprint density at radius 3 is 2.91 bits per heavy atom. The number of sulfone groups is 1. The van der Waals surface area contributed by atoms with E-state index in [2.05, 4.69) is 30.0 Å².